The number of aromatic nitrogens is 1. The zero-order valence-corrected chi connectivity index (χ0v) is 13.3. The first-order chi connectivity index (χ1) is 9.24. The van der Waals surface area contributed by atoms with E-state index in [0.29, 0.717) is 5.92 Å². The molecular formula is C15H20N2S2. The Labute approximate surface area is 123 Å². The molecule has 0 saturated heterocycles. The third-order valence-electron chi connectivity index (χ3n) is 3.06. The molecule has 1 atom stereocenters. The van der Waals surface area contributed by atoms with Crippen LogP contribution in [0.25, 0.3) is 10.6 Å². The second-order valence-corrected chi connectivity index (χ2v) is 6.25. The van der Waals surface area contributed by atoms with Crippen molar-refractivity contribution in [1.29, 1.82) is 0 Å². The molecule has 0 aliphatic rings. The van der Waals surface area contributed by atoms with E-state index in [1.165, 1.54) is 16.2 Å². The molecule has 0 aliphatic heterocycles. The Kier molecular flexibility index (Phi) is 5.43. The Morgan fingerprint density at radius 1 is 1.32 bits per heavy atom. The number of benzene rings is 1. The molecule has 2 nitrogen and oxygen atoms in total. The quantitative estimate of drug-likeness (QED) is 0.806. The number of hydrogen-bond donors (Lipinski definition) is 1. The highest BCUT2D eigenvalue weighted by Gasteiger charge is 2.10. The highest BCUT2D eigenvalue weighted by molar-refractivity contribution is 7.98. The standard InChI is InChI=1S/C15H20N2S2/c1-4-16-9-11(2)14-10-19-15(17-14)12-5-7-13(18-3)8-6-12/h5-8,10-11,16H,4,9H2,1-3H3. The minimum atomic E-state index is 0.468. The monoisotopic (exact) mass is 292 g/mol. The van der Waals surface area contributed by atoms with Crippen molar-refractivity contribution in [2.24, 2.45) is 0 Å². The summed E-state index contributed by atoms with van der Waals surface area (Å²) in [5, 5.41) is 6.67. The van der Waals surface area contributed by atoms with Crippen LogP contribution in [0.2, 0.25) is 0 Å². The van der Waals surface area contributed by atoms with Crippen molar-refractivity contribution in [2.45, 2.75) is 24.7 Å². The third-order valence-corrected chi connectivity index (χ3v) is 4.72. The third kappa shape index (κ3) is 3.81. The van der Waals surface area contributed by atoms with Gasteiger partial charge in [-0.2, -0.15) is 0 Å². The molecule has 0 spiro atoms. The molecule has 1 unspecified atom stereocenters. The molecule has 0 radical (unpaired) electrons. The topological polar surface area (TPSA) is 24.9 Å². The first kappa shape index (κ1) is 14.6. The van der Waals surface area contributed by atoms with E-state index in [1.54, 1.807) is 23.1 Å². The molecule has 1 N–H and O–H groups in total. The Hall–Kier alpha value is -0.840. The Morgan fingerprint density at radius 3 is 2.68 bits per heavy atom. The summed E-state index contributed by atoms with van der Waals surface area (Å²) in [4.78, 5) is 6.05. The lowest BCUT2D eigenvalue weighted by molar-refractivity contribution is 0.626. The van der Waals surface area contributed by atoms with Crippen LogP contribution in [-0.4, -0.2) is 24.3 Å². The van der Waals surface area contributed by atoms with Crippen LogP contribution < -0.4 is 5.32 Å². The minimum absolute atomic E-state index is 0.468. The van der Waals surface area contributed by atoms with Crippen molar-refractivity contribution in [3.8, 4) is 10.6 Å². The lowest BCUT2D eigenvalue weighted by Gasteiger charge is -2.08. The molecule has 0 amide bonds. The smallest absolute Gasteiger partial charge is 0.123 e. The molecule has 0 aliphatic carbocycles. The van der Waals surface area contributed by atoms with E-state index in [9.17, 15) is 0 Å². The van der Waals surface area contributed by atoms with Crippen molar-refractivity contribution in [3.05, 3.63) is 35.3 Å². The molecule has 1 heterocycles. The second-order valence-electron chi connectivity index (χ2n) is 4.51. The number of hydrogen-bond acceptors (Lipinski definition) is 4. The molecule has 1 aromatic carbocycles. The van der Waals surface area contributed by atoms with Crippen LogP contribution in [0.1, 0.15) is 25.5 Å². The Morgan fingerprint density at radius 2 is 2.05 bits per heavy atom. The fourth-order valence-electron chi connectivity index (χ4n) is 1.84. The number of thiazole rings is 1. The number of nitrogens with one attached hydrogen (secondary N) is 1. The molecule has 0 saturated carbocycles. The van der Waals surface area contributed by atoms with Crippen molar-refractivity contribution in [1.82, 2.24) is 10.3 Å². The van der Waals surface area contributed by atoms with Crippen LogP contribution in [-0.2, 0) is 0 Å². The molecule has 0 fully saturated rings. The number of rotatable bonds is 6. The molecule has 102 valence electrons. The fourth-order valence-corrected chi connectivity index (χ4v) is 3.20. The van der Waals surface area contributed by atoms with Gasteiger partial charge in [0.15, 0.2) is 0 Å². The summed E-state index contributed by atoms with van der Waals surface area (Å²) in [6, 6.07) is 8.62. The maximum atomic E-state index is 4.76. The van der Waals surface area contributed by atoms with Gasteiger partial charge < -0.3 is 5.32 Å². The van der Waals surface area contributed by atoms with E-state index in [0.717, 1.165) is 18.1 Å². The molecular weight excluding hydrogens is 272 g/mol. The van der Waals surface area contributed by atoms with Crippen LogP contribution >= 0.6 is 23.1 Å². The van der Waals surface area contributed by atoms with E-state index in [-0.39, 0.29) is 0 Å². The maximum absolute atomic E-state index is 4.76. The largest absolute Gasteiger partial charge is 0.316 e. The normalized spacial score (nSPS) is 12.6. The zero-order chi connectivity index (χ0) is 13.7. The van der Waals surface area contributed by atoms with Gasteiger partial charge in [-0.05, 0) is 24.9 Å². The summed E-state index contributed by atoms with van der Waals surface area (Å²) < 4.78 is 0. The second kappa shape index (κ2) is 7.08. The molecule has 1 aromatic heterocycles. The van der Waals surface area contributed by atoms with Crippen LogP contribution in [0.4, 0.5) is 0 Å². The molecule has 2 aromatic rings. The molecule has 19 heavy (non-hydrogen) atoms. The van der Waals surface area contributed by atoms with Gasteiger partial charge in [0.1, 0.15) is 5.01 Å². The minimum Gasteiger partial charge on any atom is -0.316 e. The Balaban J connectivity index is 2.11. The fraction of sp³-hybridized carbons (Fsp3) is 0.400. The van der Waals surface area contributed by atoms with Crippen molar-refractivity contribution >= 4 is 23.1 Å². The SMILES string of the molecule is CCNCC(C)c1csc(-c2ccc(SC)cc2)n1. The van der Waals surface area contributed by atoms with Gasteiger partial charge >= 0.3 is 0 Å². The lowest BCUT2D eigenvalue weighted by Crippen LogP contribution is -2.19. The van der Waals surface area contributed by atoms with Gasteiger partial charge in [0.2, 0.25) is 0 Å². The highest BCUT2D eigenvalue weighted by Crippen LogP contribution is 2.28. The van der Waals surface area contributed by atoms with E-state index in [4.69, 9.17) is 4.98 Å². The van der Waals surface area contributed by atoms with E-state index in [1.807, 2.05) is 0 Å². The molecule has 0 bridgehead atoms. The number of nitrogens with zero attached hydrogens (tertiary/aromatic N) is 1. The summed E-state index contributed by atoms with van der Waals surface area (Å²) >= 11 is 3.50. The zero-order valence-electron chi connectivity index (χ0n) is 11.6. The maximum Gasteiger partial charge on any atom is 0.123 e. The Bertz CT molecular complexity index is 505. The van der Waals surface area contributed by atoms with E-state index >= 15 is 0 Å². The van der Waals surface area contributed by atoms with Crippen LogP contribution in [0.15, 0.2) is 34.5 Å². The number of thioether (sulfide) groups is 1. The predicted octanol–water partition coefficient (Wildman–Crippen LogP) is 4.25. The average molecular weight is 292 g/mol. The molecule has 4 heteroatoms. The van der Waals surface area contributed by atoms with E-state index < -0.39 is 0 Å². The summed E-state index contributed by atoms with van der Waals surface area (Å²) in [5.41, 5.74) is 2.40. The van der Waals surface area contributed by atoms with Gasteiger partial charge in [-0.15, -0.1) is 23.1 Å². The van der Waals surface area contributed by atoms with Gasteiger partial charge in [0.05, 0.1) is 5.69 Å². The van der Waals surface area contributed by atoms with Crippen molar-refractivity contribution < 1.29 is 0 Å². The first-order valence-electron chi connectivity index (χ1n) is 6.55. The number of likely N-dealkylation sites (N-methyl/N-ethyl adjacent to an activating group) is 1. The van der Waals surface area contributed by atoms with Crippen LogP contribution in [0.5, 0.6) is 0 Å². The average Bonchev–Trinajstić information content (AvgIpc) is 2.94. The van der Waals surface area contributed by atoms with Gasteiger partial charge in [0, 0.05) is 28.3 Å². The first-order valence-corrected chi connectivity index (χ1v) is 8.65. The van der Waals surface area contributed by atoms with Crippen LogP contribution in [0.3, 0.4) is 0 Å². The van der Waals surface area contributed by atoms with E-state index in [2.05, 4.69) is 55.1 Å². The summed E-state index contributed by atoms with van der Waals surface area (Å²) in [7, 11) is 0. The lowest BCUT2D eigenvalue weighted by atomic mass is 10.1. The molecule has 2 rings (SSSR count). The van der Waals surface area contributed by atoms with Crippen LogP contribution in [0, 0.1) is 0 Å². The van der Waals surface area contributed by atoms with Gasteiger partial charge in [-0.25, -0.2) is 4.98 Å². The van der Waals surface area contributed by atoms with Crippen molar-refractivity contribution in [3.63, 3.8) is 0 Å². The predicted molar refractivity (Wildman–Crippen MR) is 86.3 cm³/mol. The summed E-state index contributed by atoms with van der Waals surface area (Å²) in [6.45, 7) is 6.35. The highest BCUT2D eigenvalue weighted by atomic mass is 32.2. The summed E-state index contributed by atoms with van der Waals surface area (Å²) in [6.07, 6.45) is 2.10. The van der Waals surface area contributed by atoms with Crippen molar-refractivity contribution in [2.75, 3.05) is 19.3 Å². The van der Waals surface area contributed by atoms with Gasteiger partial charge in [0.25, 0.3) is 0 Å². The van der Waals surface area contributed by atoms with Gasteiger partial charge in [-0.3, -0.25) is 0 Å². The van der Waals surface area contributed by atoms with Gasteiger partial charge in [-0.1, -0.05) is 26.0 Å². The summed E-state index contributed by atoms with van der Waals surface area (Å²) in [5.74, 6) is 0.468.